The minimum Gasteiger partial charge on any atom is -0.386 e. The van der Waals surface area contributed by atoms with E-state index in [1.807, 2.05) is 10.9 Å². The second kappa shape index (κ2) is 3.50. The Labute approximate surface area is 79.4 Å². The summed E-state index contributed by atoms with van der Waals surface area (Å²) in [6, 6.07) is 0. The van der Waals surface area contributed by atoms with Gasteiger partial charge in [-0.1, -0.05) is 13.8 Å². The molecule has 0 aliphatic rings. The summed E-state index contributed by atoms with van der Waals surface area (Å²) in [4.78, 5) is 0. The number of hydrogen-bond acceptors (Lipinski definition) is 2. The minimum atomic E-state index is -0.783. The van der Waals surface area contributed by atoms with E-state index in [4.69, 9.17) is 0 Å². The molecular formula is C10H18N2O. The quantitative estimate of drug-likeness (QED) is 0.773. The van der Waals surface area contributed by atoms with Crippen molar-refractivity contribution in [2.24, 2.45) is 5.92 Å². The van der Waals surface area contributed by atoms with Crippen molar-refractivity contribution in [3.63, 3.8) is 0 Å². The van der Waals surface area contributed by atoms with Crippen LogP contribution in [0.15, 0.2) is 12.4 Å². The van der Waals surface area contributed by atoms with E-state index in [1.165, 1.54) is 0 Å². The molecule has 1 rings (SSSR count). The topological polar surface area (TPSA) is 38.0 Å². The SMILES string of the molecule is CC(C)Cn1cc(C(C)(C)O)cn1. The first-order valence-electron chi connectivity index (χ1n) is 4.65. The molecule has 0 amide bonds. The largest absolute Gasteiger partial charge is 0.386 e. The van der Waals surface area contributed by atoms with Crippen LogP contribution in [0.3, 0.4) is 0 Å². The smallest absolute Gasteiger partial charge is 0.0870 e. The molecule has 0 aliphatic heterocycles. The summed E-state index contributed by atoms with van der Waals surface area (Å²) >= 11 is 0. The molecule has 1 aromatic heterocycles. The van der Waals surface area contributed by atoms with Gasteiger partial charge in [0.05, 0.1) is 11.8 Å². The molecule has 0 aliphatic carbocycles. The van der Waals surface area contributed by atoms with E-state index in [0.29, 0.717) is 5.92 Å². The normalized spacial score (nSPS) is 12.5. The van der Waals surface area contributed by atoms with Crippen molar-refractivity contribution in [3.05, 3.63) is 18.0 Å². The molecular weight excluding hydrogens is 164 g/mol. The molecule has 0 radical (unpaired) electrons. The van der Waals surface area contributed by atoms with Crippen molar-refractivity contribution in [2.75, 3.05) is 0 Å². The monoisotopic (exact) mass is 182 g/mol. The highest BCUT2D eigenvalue weighted by molar-refractivity contribution is 5.12. The first-order valence-corrected chi connectivity index (χ1v) is 4.65. The summed E-state index contributed by atoms with van der Waals surface area (Å²) < 4.78 is 1.87. The van der Waals surface area contributed by atoms with Gasteiger partial charge in [-0.15, -0.1) is 0 Å². The molecule has 0 saturated heterocycles. The molecule has 74 valence electrons. The van der Waals surface area contributed by atoms with Gasteiger partial charge in [0.2, 0.25) is 0 Å². The zero-order valence-electron chi connectivity index (χ0n) is 8.78. The summed E-state index contributed by atoms with van der Waals surface area (Å²) in [7, 11) is 0. The molecule has 3 nitrogen and oxygen atoms in total. The van der Waals surface area contributed by atoms with Crippen LogP contribution in [0, 0.1) is 5.92 Å². The molecule has 3 heteroatoms. The number of hydrogen-bond donors (Lipinski definition) is 1. The number of aromatic nitrogens is 2. The highest BCUT2D eigenvalue weighted by Crippen LogP contribution is 2.18. The third-order valence-electron chi connectivity index (χ3n) is 1.89. The van der Waals surface area contributed by atoms with Crippen LogP contribution in [0.4, 0.5) is 0 Å². The summed E-state index contributed by atoms with van der Waals surface area (Å²) in [6.45, 7) is 8.72. The fourth-order valence-corrected chi connectivity index (χ4v) is 1.15. The van der Waals surface area contributed by atoms with Crippen molar-refractivity contribution in [1.29, 1.82) is 0 Å². The lowest BCUT2D eigenvalue weighted by Crippen LogP contribution is -2.14. The van der Waals surface area contributed by atoms with Gasteiger partial charge < -0.3 is 5.11 Å². The van der Waals surface area contributed by atoms with Crippen LogP contribution >= 0.6 is 0 Å². The molecule has 0 unspecified atom stereocenters. The lowest BCUT2D eigenvalue weighted by atomic mass is 10.0. The van der Waals surface area contributed by atoms with Crippen molar-refractivity contribution >= 4 is 0 Å². The number of aliphatic hydroxyl groups is 1. The van der Waals surface area contributed by atoms with Crippen LogP contribution in [0.1, 0.15) is 33.3 Å². The maximum atomic E-state index is 9.68. The van der Waals surface area contributed by atoms with Crippen molar-refractivity contribution in [2.45, 2.75) is 39.8 Å². The predicted octanol–water partition coefficient (Wildman–Crippen LogP) is 1.77. The second-order valence-electron chi connectivity index (χ2n) is 4.40. The highest BCUT2D eigenvalue weighted by Gasteiger charge is 2.17. The average molecular weight is 182 g/mol. The molecule has 1 N–H and O–H groups in total. The zero-order valence-corrected chi connectivity index (χ0v) is 8.78. The highest BCUT2D eigenvalue weighted by atomic mass is 16.3. The van der Waals surface area contributed by atoms with Crippen LogP contribution in [-0.4, -0.2) is 14.9 Å². The van der Waals surface area contributed by atoms with Crippen LogP contribution < -0.4 is 0 Å². The van der Waals surface area contributed by atoms with E-state index in [2.05, 4.69) is 18.9 Å². The Bertz CT molecular complexity index is 271. The first-order chi connectivity index (χ1) is 5.89. The lowest BCUT2D eigenvalue weighted by molar-refractivity contribution is 0.0784. The Kier molecular flexibility index (Phi) is 2.76. The van der Waals surface area contributed by atoms with Gasteiger partial charge >= 0.3 is 0 Å². The lowest BCUT2D eigenvalue weighted by Gasteiger charge is -2.13. The summed E-state index contributed by atoms with van der Waals surface area (Å²) in [6.07, 6.45) is 3.63. The van der Waals surface area contributed by atoms with Gasteiger partial charge in [-0.2, -0.15) is 5.10 Å². The first kappa shape index (κ1) is 10.3. The van der Waals surface area contributed by atoms with E-state index in [-0.39, 0.29) is 0 Å². The summed E-state index contributed by atoms with van der Waals surface area (Å²) in [5.74, 6) is 0.578. The predicted molar refractivity (Wildman–Crippen MR) is 52.3 cm³/mol. The molecule has 0 fully saturated rings. The Balaban J connectivity index is 2.75. The molecule has 0 spiro atoms. The Hall–Kier alpha value is -0.830. The Morgan fingerprint density at radius 3 is 2.54 bits per heavy atom. The van der Waals surface area contributed by atoms with Crippen LogP contribution in [-0.2, 0) is 12.1 Å². The van der Waals surface area contributed by atoms with Gasteiger partial charge in [0, 0.05) is 18.3 Å². The zero-order chi connectivity index (χ0) is 10.1. The standard InChI is InChI=1S/C10H18N2O/c1-8(2)6-12-7-9(5-11-12)10(3,4)13/h5,7-8,13H,6H2,1-4H3. The summed E-state index contributed by atoms with van der Waals surface area (Å²) in [5, 5.41) is 13.9. The average Bonchev–Trinajstić information content (AvgIpc) is 2.32. The molecule has 1 heterocycles. The van der Waals surface area contributed by atoms with Crippen molar-refractivity contribution in [3.8, 4) is 0 Å². The van der Waals surface area contributed by atoms with Crippen molar-refractivity contribution < 1.29 is 5.11 Å². The van der Waals surface area contributed by atoms with E-state index >= 15 is 0 Å². The maximum Gasteiger partial charge on any atom is 0.0870 e. The van der Waals surface area contributed by atoms with E-state index in [9.17, 15) is 5.11 Å². The minimum absolute atomic E-state index is 0.578. The molecule has 0 aromatic carbocycles. The third-order valence-corrected chi connectivity index (χ3v) is 1.89. The molecule has 1 aromatic rings. The molecule has 0 atom stereocenters. The van der Waals surface area contributed by atoms with Crippen LogP contribution in [0.2, 0.25) is 0 Å². The third kappa shape index (κ3) is 2.84. The van der Waals surface area contributed by atoms with Gasteiger partial charge in [0.25, 0.3) is 0 Å². The van der Waals surface area contributed by atoms with Crippen LogP contribution in [0.25, 0.3) is 0 Å². The Morgan fingerprint density at radius 2 is 2.15 bits per heavy atom. The maximum absolute atomic E-state index is 9.68. The fourth-order valence-electron chi connectivity index (χ4n) is 1.15. The van der Waals surface area contributed by atoms with E-state index < -0.39 is 5.60 Å². The van der Waals surface area contributed by atoms with Crippen molar-refractivity contribution in [1.82, 2.24) is 9.78 Å². The van der Waals surface area contributed by atoms with Gasteiger partial charge in [-0.05, 0) is 19.8 Å². The molecule has 0 bridgehead atoms. The molecule has 0 saturated carbocycles. The number of rotatable bonds is 3. The molecule has 13 heavy (non-hydrogen) atoms. The van der Waals surface area contributed by atoms with Gasteiger partial charge in [0.1, 0.15) is 0 Å². The second-order valence-corrected chi connectivity index (χ2v) is 4.40. The van der Waals surface area contributed by atoms with E-state index in [0.717, 1.165) is 12.1 Å². The van der Waals surface area contributed by atoms with E-state index in [1.54, 1.807) is 20.0 Å². The van der Waals surface area contributed by atoms with Gasteiger partial charge in [-0.3, -0.25) is 4.68 Å². The van der Waals surface area contributed by atoms with Crippen LogP contribution in [0.5, 0.6) is 0 Å². The van der Waals surface area contributed by atoms with Gasteiger partial charge in [-0.25, -0.2) is 0 Å². The Morgan fingerprint density at radius 1 is 1.54 bits per heavy atom. The van der Waals surface area contributed by atoms with Gasteiger partial charge in [0.15, 0.2) is 0 Å². The number of nitrogens with zero attached hydrogens (tertiary/aromatic N) is 2. The fraction of sp³-hybridized carbons (Fsp3) is 0.700. The summed E-state index contributed by atoms with van der Waals surface area (Å²) in [5.41, 5.74) is 0.0861.